The highest BCUT2D eigenvalue weighted by Gasteiger charge is 2.27. The highest BCUT2D eigenvalue weighted by molar-refractivity contribution is 5.92. The molecule has 29 heavy (non-hydrogen) atoms. The molecule has 0 radical (unpaired) electrons. The van der Waals surface area contributed by atoms with Gasteiger partial charge in [-0.25, -0.2) is 13.2 Å². The van der Waals surface area contributed by atoms with E-state index in [1.807, 2.05) is 5.32 Å². The minimum atomic E-state index is -1.04. The lowest BCUT2D eigenvalue weighted by Crippen LogP contribution is -2.20. The fourth-order valence-corrected chi connectivity index (χ4v) is 3.33. The number of H-pyrrole nitrogens is 1. The molecule has 1 amide bonds. The van der Waals surface area contributed by atoms with E-state index in [2.05, 4.69) is 4.98 Å². The molecule has 1 aliphatic carbocycles. The average Bonchev–Trinajstić information content (AvgIpc) is 2.99. The maximum absolute atomic E-state index is 14.1. The number of amides is 1. The number of carboxylic acids is 1. The summed E-state index contributed by atoms with van der Waals surface area (Å²) in [6.45, 7) is -0.302. The molecule has 1 aromatic heterocycles. The first-order chi connectivity index (χ1) is 13.9. The van der Waals surface area contributed by atoms with E-state index >= 15 is 0 Å². The van der Waals surface area contributed by atoms with E-state index in [-0.39, 0.29) is 12.4 Å². The van der Waals surface area contributed by atoms with E-state index < -0.39 is 17.6 Å². The van der Waals surface area contributed by atoms with Gasteiger partial charge in [0.25, 0.3) is 0 Å². The van der Waals surface area contributed by atoms with E-state index in [1.54, 1.807) is 12.1 Å². The highest BCUT2D eigenvalue weighted by Crippen LogP contribution is 2.45. The van der Waals surface area contributed by atoms with Gasteiger partial charge in [-0.3, -0.25) is 9.59 Å². The zero-order valence-electron chi connectivity index (χ0n) is 15.3. The quantitative estimate of drug-likeness (QED) is 0.554. The first kappa shape index (κ1) is 20.4. The third-order valence-electron chi connectivity index (χ3n) is 4.85. The summed E-state index contributed by atoms with van der Waals surface area (Å²) in [7, 11) is 0. The number of hydrogen-bond donors (Lipinski definition) is 3. The molecule has 0 aliphatic heterocycles. The third kappa shape index (κ3) is 4.59. The van der Waals surface area contributed by atoms with Crippen LogP contribution in [0.15, 0.2) is 36.4 Å². The summed E-state index contributed by atoms with van der Waals surface area (Å²) in [5.41, 5.74) is 2.83. The molecule has 3 aromatic rings. The summed E-state index contributed by atoms with van der Waals surface area (Å²) in [5, 5.41) is 10.4. The van der Waals surface area contributed by atoms with Gasteiger partial charge >= 0.3 is 5.97 Å². The van der Waals surface area contributed by atoms with Crippen LogP contribution in [-0.2, 0) is 9.59 Å². The SMILES string of the molecule is Fc1ccc(-c2[nH]c3c(F)cc(F)cc3c2C2CCC2)cc1.O=CNCC(=O)O. The predicted octanol–water partition coefficient (Wildman–Crippen LogP) is 4.34. The van der Waals surface area contributed by atoms with Crippen molar-refractivity contribution in [2.45, 2.75) is 25.2 Å². The number of fused-ring (bicyclic) bond motifs is 1. The summed E-state index contributed by atoms with van der Waals surface area (Å²) in [4.78, 5) is 22.0. The van der Waals surface area contributed by atoms with Gasteiger partial charge in [-0.2, -0.15) is 0 Å². The number of aliphatic carboxylic acids is 1. The number of benzene rings is 2. The zero-order chi connectivity index (χ0) is 21.0. The first-order valence-electron chi connectivity index (χ1n) is 9.06. The fourth-order valence-electron chi connectivity index (χ4n) is 3.33. The Kier molecular flexibility index (Phi) is 6.21. The lowest BCUT2D eigenvalue weighted by molar-refractivity contribution is -0.136. The maximum atomic E-state index is 14.1. The van der Waals surface area contributed by atoms with E-state index in [4.69, 9.17) is 5.11 Å². The van der Waals surface area contributed by atoms with Crippen molar-refractivity contribution in [2.24, 2.45) is 0 Å². The largest absolute Gasteiger partial charge is 0.480 e. The van der Waals surface area contributed by atoms with Crippen LogP contribution in [0.25, 0.3) is 22.2 Å². The van der Waals surface area contributed by atoms with Gasteiger partial charge in [-0.1, -0.05) is 6.42 Å². The summed E-state index contributed by atoms with van der Waals surface area (Å²) in [5.74, 6) is -2.22. The molecule has 1 saturated carbocycles. The summed E-state index contributed by atoms with van der Waals surface area (Å²) in [6.07, 6.45) is 3.49. The number of aromatic amines is 1. The molecule has 5 nitrogen and oxygen atoms in total. The Morgan fingerprint density at radius 2 is 1.83 bits per heavy atom. The highest BCUT2D eigenvalue weighted by atomic mass is 19.1. The average molecular weight is 404 g/mol. The molecule has 2 aromatic carbocycles. The zero-order valence-corrected chi connectivity index (χ0v) is 15.3. The Bertz CT molecular complexity index is 1030. The molecular formula is C21H19F3N2O3. The topological polar surface area (TPSA) is 82.2 Å². The van der Waals surface area contributed by atoms with Crippen LogP contribution >= 0.6 is 0 Å². The summed E-state index contributed by atoms with van der Waals surface area (Å²) < 4.78 is 40.8. The van der Waals surface area contributed by atoms with Gasteiger partial charge in [0.15, 0.2) is 0 Å². The Morgan fingerprint density at radius 3 is 2.34 bits per heavy atom. The molecule has 0 bridgehead atoms. The lowest BCUT2D eigenvalue weighted by Gasteiger charge is -2.26. The van der Waals surface area contributed by atoms with Gasteiger partial charge in [-0.15, -0.1) is 0 Å². The van der Waals surface area contributed by atoms with Crippen molar-refractivity contribution in [3.05, 3.63) is 59.4 Å². The van der Waals surface area contributed by atoms with Gasteiger partial charge < -0.3 is 15.4 Å². The van der Waals surface area contributed by atoms with E-state index in [0.717, 1.165) is 42.1 Å². The minimum Gasteiger partial charge on any atom is -0.480 e. The van der Waals surface area contributed by atoms with Crippen molar-refractivity contribution in [3.63, 3.8) is 0 Å². The monoisotopic (exact) mass is 404 g/mol. The number of rotatable bonds is 5. The van der Waals surface area contributed by atoms with Crippen molar-refractivity contribution in [1.29, 1.82) is 0 Å². The van der Waals surface area contributed by atoms with Crippen molar-refractivity contribution in [3.8, 4) is 11.3 Å². The van der Waals surface area contributed by atoms with Crippen LogP contribution in [0.2, 0.25) is 0 Å². The molecule has 152 valence electrons. The van der Waals surface area contributed by atoms with E-state index in [0.29, 0.717) is 23.2 Å². The summed E-state index contributed by atoms with van der Waals surface area (Å²) >= 11 is 0. The normalized spacial score (nSPS) is 13.3. The van der Waals surface area contributed by atoms with Gasteiger partial charge in [0.05, 0.1) is 11.2 Å². The minimum absolute atomic E-state index is 0.301. The molecule has 0 saturated heterocycles. The number of carbonyl (C=O) groups is 2. The van der Waals surface area contributed by atoms with E-state index in [1.165, 1.54) is 18.2 Å². The van der Waals surface area contributed by atoms with Crippen LogP contribution < -0.4 is 5.32 Å². The van der Waals surface area contributed by atoms with Gasteiger partial charge in [0, 0.05) is 11.5 Å². The second-order valence-corrected chi connectivity index (χ2v) is 6.75. The van der Waals surface area contributed by atoms with Gasteiger partial charge in [0.1, 0.15) is 24.0 Å². The molecule has 0 spiro atoms. The number of carbonyl (C=O) groups excluding carboxylic acids is 1. The molecule has 1 heterocycles. The first-order valence-corrected chi connectivity index (χ1v) is 9.06. The molecular weight excluding hydrogens is 385 g/mol. The molecule has 1 aliphatic rings. The van der Waals surface area contributed by atoms with Crippen molar-refractivity contribution < 1.29 is 27.9 Å². The Hall–Kier alpha value is -3.29. The molecule has 0 atom stereocenters. The Labute approximate surface area is 164 Å². The maximum Gasteiger partial charge on any atom is 0.322 e. The van der Waals surface area contributed by atoms with Gasteiger partial charge in [-0.05, 0) is 60.2 Å². The number of hydrogen-bond acceptors (Lipinski definition) is 2. The second-order valence-electron chi connectivity index (χ2n) is 6.75. The second kappa shape index (κ2) is 8.81. The molecule has 3 N–H and O–H groups in total. The van der Waals surface area contributed by atoms with Crippen LogP contribution in [-0.4, -0.2) is 29.0 Å². The third-order valence-corrected chi connectivity index (χ3v) is 4.85. The van der Waals surface area contributed by atoms with Gasteiger partial charge in [0.2, 0.25) is 6.41 Å². The van der Waals surface area contributed by atoms with Crippen LogP contribution in [0.5, 0.6) is 0 Å². The fraction of sp³-hybridized carbons (Fsp3) is 0.238. The Balaban J connectivity index is 0.000000298. The smallest absolute Gasteiger partial charge is 0.322 e. The van der Waals surface area contributed by atoms with Crippen LogP contribution in [0.4, 0.5) is 13.2 Å². The molecule has 1 fully saturated rings. The number of aromatic nitrogens is 1. The summed E-state index contributed by atoms with van der Waals surface area (Å²) in [6, 6.07) is 8.35. The standard InChI is InChI=1S/C18H14F3N.C3H5NO3/c19-12-6-4-11(5-7-12)17-16(10-2-1-3-10)14-8-13(20)9-15(21)18(14)22-17;5-2-4-1-3(6)7/h4-10,22H,1-3H2;2H,1H2,(H,4,5)(H,6,7). The lowest BCUT2D eigenvalue weighted by atomic mass is 9.78. The van der Waals surface area contributed by atoms with Crippen LogP contribution in [0.1, 0.15) is 30.7 Å². The molecule has 4 rings (SSSR count). The van der Waals surface area contributed by atoms with Crippen LogP contribution in [0.3, 0.4) is 0 Å². The van der Waals surface area contributed by atoms with Crippen LogP contribution in [0, 0.1) is 17.5 Å². The molecule has 8 heteroatoms. The number of nitrogens with one attached hydrogen (secondary N) is 2. The Morgan fingerprint density at radius 1 is 1.14 bits per heavy atom. The number of halogens is 3. The van der Waals surface area contributed by atoms with Crippen molar-refractivity contribution in [1.82, 2.24) is 10.3 Å². The molecule has 0 unspecified atom stereocenters. The van der Waals surface area contributed by atoms with Crippen molar-refractivity contribution in [2.75, 3.05) is 6.54 Å². The van der Waals surface area contributed by atoms with E-state index in [9.17, 15) is 22.8 Å². The van der Waals surface area contributed by atoms with Crippen molar-refractivity contribution >= 4 is 23.3 Å². The predicted molar refractivity (Wildman–Crippen MR) is 102 cm³/mol. The number of carboxylic acid groups (broad SMARTS) is 1.